The molecule has 4 rings (SSSR count). The van der Waals surface area contributed by atoms with Crippen molar-refractivity contribution in [3.05, 3.63) is 81.8 Å². The van der Waals surface area contributed by atoms with E-state index in [4.69, 9.17) is 27.9 Å². The molecule has 1 heterocycles. The van der Waals surface area contributed by atoms with Crippen LogP contribution in [0, 0.1) is 0 Å². The van der Waals surface area contributed by atoms with E-state index in [1.807, 2.05) is 0 Å². The Morgan fingerprint density at radius 2 is 1.68 bits per heavy atom. The second kappa shape index (κ2) is 10.5. The summed E-state index contributed by atoms with van der Waals surface area (Å²) in [4.78, 5) is 38.7. The SMILES string of the molecule is COc1ccc2c(c1)N(C)C(=O)N(c1ccc(C[C@H](NC(=O)c3c(Cl)cccc3Cl)C(=O)O)cc1)S2(=O)=O. The van der Waals surface area contributed by atoms with E-state index >= 15 is 0 Å². The van der Waals surface area contributed by atoms with Crippen LogP contribution >= 0.6 is 23.2 Å². The van der Waals surface area contributed by atoms with E-state index in [0.29, 0.717) is 15.6 Å². The molecule has 3 aromatic carbocycles. The van der Waals surface area contributed by atoms with E-state index in [1.54, 1.807) is 6.07 Å². The van der Waals surface area contributed by atoms with Gasteiger partial charge in [0.2, 0.25) is 0 Å². The van der Waals surface area contributed by atoms with Crippen LogP contribution in [0.4, 0.5) is 16.2 Å². The molecule has 3 aromatic rings. The van der Waals surface area contributed by atoms with E-state index in [0.717, 1.165) is 0 Å². The van der Waals surface area contributed by atoms with Gasteiger partial charge in [0.05, 0.1) is 34.1 Å². The molecule has 13 heteroatoms. The minimum Gasteiger partial charge on any atom is -0.497 e. The molecule has 1 atom stereocenters. The Balaban J connectivity index is 1.58. The Morgan fingerprint density at radius 3 is 2.26 bits per heavy atom. The maximum Gasteiger partial charge on any atom is 0.342 e. The van der Waals surface area contributed by atoms with Gasteiger partial charge in [0, 0.05) is 19.5 Å². The fraction of sp³-hybridized carbons (Fsp3) is 0.160. The normalized spacial score (nSPS) is 15.0. The fourth-order valence-corrected chi connectivity index (χ4v) is 6.14. The van der Waals surface area contributed by atoms with Gasteiger partial charge in [-0.15, -0.1) is 0 Å². The van der Waals surface area contributed by atoms with Gasteiger partial charge >= 0.3 is 12.0 Å². The predicted octanol–water partition coefficient (Wildman–Crippen LogP) is 4.19. The zero-order valence-corrected chi connectivity index (χ0v) is 22.3. The first-order valence-corrected chi connectivity index (χ1v) is 13.2. The average molecular weight is 578 g/mol. The van der Waals surface area contributed by atoms with Crippen LogP contribution in [-0.4, -0.2) is 51.6 Å². The van der Waals surface area contributed by atoms with Gasteiger partial charge in [-0.25, -0.2) is 18.0 Å². The van der Waals surface area contributed by atoms with Gasteiger partial charge < -0.3 is 15.2 Å². The van der Waals surface area contributed by atoms with Crippen LogP contribution in [0.5, 0.6) is 5.75 Å². The van der Waals surface area contributed by atoms with E-state index < -0.39 is 34.0 Å². The summed E-state index contributed by atoms with van der Waals surface area (Å²) in [6.07, 6.45) is -0.132. The molecule has 1 aliphatic heterocycles. The molecule has 38 heavy (non-hydrogen) atoms. The highest BCUT2D eigenvalue weighted by atomic mass is 35.5. The van der Waals surface area contributed by atoms with Gasteiger partial charge in [0.25, 0.3) is 15.9 Å². The molecule has 0 spiro atoms. The Labute approximate surface area is 228 Å². The minimum absolute atomic E-state index is 0.0479. The van der Waals surface area contributed by atoms with Gasteiger partial charge in [-0.3, -0.25) is 9.69 Å². The number of rotatable bonds is 7. The second-order valence-corrected chi connectivity index (χ2v) is 10.8. The van der Waals surface area contributed by atoms with Crippen molar-refractivity contribution in [2.45, 2.75) is 17.4 Å². The van der Waals surface area contributed by atoms with Crippen LogP contribution in [0.3, 0.4) is 0 Å². The molecule has 0 aromatic heterocycles. The first-order chi connectivity index (χ1) is 17.9. The number of hydrogen-bond acceptors (Lipinski definition) is 6. The molecule has 0 bridgehead atoms. The molecule has 198 valence electrons. The molecule has 0 aliphatic carbocycles. The van der Waals surface area contributed by atoms with Crippen LogP contribution in [0.15, 0.2) is 65.6 Å². The summed E-state index contributed by atoms with van der Waals surface area (Å²) < 4.78 is 32.4. The topological polar surface area (TPSA) is 133 Å². The first-order valence-electron chi connectivity index (χ1n) is 11.0. The van der Waals surface area contributed by atoms with Crippen LogP contribution in [0.1, 0.15) is 15.9 Å². The molecule has 1 aliphatic rings. The zero-order valence-electron chi connectivity index (χ0n) is 20.0. The van der Waals surface area contributed by atoms with Gasteiger partial charge in [-0.05, 0) is 42.0 Å². The Bertz CT molecular complexity index is 1520. The quantitative estimate of drug-likeness (QED) is 0.430. The Kier molecular flexibility index (Phi) is 7.54. The number of aliphatic carboxylic acids is 1. The molecule has 0 fully saturated rings. The largest absolute Gasteiger partial charge is 0.497 e. The van der Waals surface area contributed by atoms with Crippen molar-refractivity contribution in [1.82, 2.24) is 5.32 Å². The lowest BCUT2D eigenvalue weighted by molar-refractivity contribution is -0.139. The minimum atomic E-state index is -4.24. The number of anilines is 2. The zero-order chi connectivity index (χ0) is 27.8. The van der Waals surface area contributed by atoms with Gasteiger partial charge in [-0.1, -0.05) is 41.4 Å². The third-order valence-electron chi connectivity index (χ3n) is 5.91. The van der Waals surface area contributed by atoms with E-state index in [1.165, 1.54) is 73.7 Å². The van der Waals surface area contributed by atoms with Gasteiger partial charge in [0.15, 0.2) is 0 Å². The number of urea groups is 1. The maximum absolute atomic E-state index is 13.3. The number of carbonyl (C=O) groups is 3. The number of halogens is 2. The smallest absolute Gasteiger partial charge is 0.342 e. The summed E-state index contributed by atoms with van der Waals surface area (Å²) in [5.74, 6) is -1.66. The van der Waals surface area contributed by atoms with Crippen molar-refractivity contribution in [2.24, 2.45) is 0 Å². The lowest BCUT2D eigenvalue weighted by Gasteiger charge is -2.34. The lowest BCUT2D eigenvalue weighted by atomic mass is 10.0. The molecule has 0 unspecified atom stereocenters. The number of hydrogen-bond donors (Lipinski definition) is 2. The van der Waals surface area contributed by atoms with Crippen molar-refractivity contribution >= 4 is 62.5 Å². The fourth-order valence-electron chi connectivity index (χ4n) is 3.94. The number of carboxylic acid groups (broad SMARTS) is 1. The van der Waals surface area contributed by atoms with E-state index in [9.17, 15) is 27.9 Å². The van der Waals surface area contributed by atoms with E-state index in [-0.39, 0.29) is 38.3 Å². The van der Waals surface area contributed by atoms with Crippen molar-refractivity contribution in [1.29, 1.82) is 0 Å². The Morgan fingerprint density at radius 1 is 1.05 bits per heavy atom. The monoisotopic (exact) mass is 577 g/mol. The summed E-state index contributed by atoms with van der Waals surface area (Å²) in [5.41, 5.74) is 0.659. The molecule has 0 saturated heterocycles. The van der Waals surface area contributed by atoms with Gasteiger partial charge in [0.1, 0.15) is 16.7 Å². The number of methoxy groups -OCH3 is 1. The second-order valence-electron chi connectivity index (χ2n) is 8.28. The molecule has 0 radical (unpaired) electrons. The number of nitrogens with zero attached hydrogens (tertiary/aromatic N) is 2. The third kappa shape index (κ3) is 5.00. The molecule has 2 N–H and O–H groups in total. The number of carboxylic acids is 1. The molecule has 0 saturated carbocycles. The molecule has 3 amide bonds. The van der Waals surface area contributed by atoms with Crippen LogP contribution in [-0.2, 0) is 21.2 Å². The lowest BCUT2D eigenvalue weighted by Crippen LogP contribution is -2.49. The molecular weight excluding hydrogens is 557 g/mol. The van der Waals surface area contributed by atoms with Crippen molar-refractivity contribution < 1.29 is 32.6 Å². The molecular formula is C25H21Cl2N3O7S. The van der Waals surface area contributed by atoms with Crippen LogP contribution < -0.4 is 19.3 Å². The number of benzene rings is 3. The highest BCUT2D eigenvalue weighted by Gasteiger charge is 2.41. The van der Waals surface area contributed by atoms with Crippen molar-refractivity contribution in [2.75, 3.05) is 23.4 Å². The number of amides is 3. The average Bonchev–Trinajstić information content (AvgIpc) is 2.87. The first kappa shape index (κ1) is 27.2. The summed E-state index contributed by atoms with van der Waals surface area (Å²) in [6.45, 7) is 0. The van der Waals surface area contributed by atoms with Crippen LogP contribution in [0.25, 0.3) is 0 Å². The number of sulfonamides is 1. The third-order valence-corrected chi connectivity index (χ3v) is 8.29. The number of ether oxygens (including phenoxy) is 1. The summed E-state index contributed by atoms with van der Waals surface area (Å²) >= 11 is 12.1. The van der Waals surface area contributed by atoms with Crippen molar-refractivity contribution in [3.63, 3.8) is 0 Å². The standard InChI is InChI=1S/C25H21Cl2N3O7S/c1-29-20-13-16(37-2)10-11-21(20)38(35,36)30(25(29)34)15-8-6-14(7-9-15)12-19(24(32)33)28-23(31)22-17(26)4-3-5-18(22)27/h3-11,13,19H,12H2,1-2H3,(H,28,31)(H,32,33)/t19-/m0/s1. The summed E-state index contributed by atoms with van der Waals surface area (Å²) in [6, 6.07) is 12.4. The number of nitrogens with one attached hydrogen (secondary N) is 1. The van der Waals surface area contributed by atoms with E-state index in [2.05, 4.69) is 5.32 Å². The number of carbonyl (C=O) groups excluding carboxylic acids is 2. The van der Waals surface area contributed by atoms with Crippen molar-refractivity contribution in [3.8, 4) is 5.75 Å². The highest BCUT2D eigenvalue weighted by Crippen LogP contribution is 2.38. The Hall–Kier alpha value is -3.80. The number of fused-ring (bicyclic) bond motifs is 1. The maximum atomic E-state index is 13.3. The van der Waals surface area contributed by atoms with Crippen LogP contribution in [0.2, 0.25) is 10.0 Å². The van der Waals surface area contributed by atoms with Gasteiger partial charge in [-0.2, -0.15) is 4.31 Å². The summed E-state index contributed by atoms with van der Waals surface area (Å²) in [5, 5.41) is 12.2. The highest BCUT2D eigenvalue weighted by molar-refractivity contribution is 7.94. The summed E-state index contributed by atoms with van der Waals surface area (Å²) in [7, 11) is -1.36. The predicted molar refractivity (Wildman–Crippen MR) is 142 cm³/mol. The molecule has 10 nitrogen and oxygen atoms in total.